The molecule has 5 heteroatoms. The maximum Gasteiger partial charge on any atom is 0.228 e. The highest BCUT2D eigenvalue weighted by Crippen LogP contribution is 2.20. The first-order valence-electron chi connectivity index (χ1n) is 9.27. The highest BCUT2D eigenvalue weighted by atomic mass is 16.5. The Bertz CT molecular complexity index is 1080. The summed E-state index contributed by atoms with van der Waals surface area (Å²) in [7, 11) is 0. The largest absolute Gasteiger partial charge is 0.494 e. The molecule has 0 atom stereocenters. The maximum atomic E-state index is 12.3. The minimum atomic E-state index is -0.0509. The Kier molecular flexibility index (Phi) is 5.06. The van der Waals surface area contributed by atoms with Gasteiger partial charge in [0.15, 0.2) is 0 Å². The molecule has 3 aromatic carbocycles. The first-order chi connectivity index (χ1) is 13.7. The van der Waals surface area contributed by atoms with Crippen molar-refractivity contribution in [3.8, 4) is 11.4 Å². The third-order valence-corrected chi connectivity index (χ3v) is 4.48. The highest BCUT2D eigenvalue weighted by molar-refractivity contribution is 5.92. The number of nitrogens with zero attached hydrogens (tertiary/aromatic N) is 2. The summed E-state index contributed by atoms with van der Waals surface area (Å²) in [6.45, 7) is 2.58. The lowest BCUT2D eigenvalue weighted by atomic mass is 10.1. The van der Waals surface area contributed by atoms with Crippen LogP contribution in [0.25, 0.3) is 16.7 Å². The van der Waals surface area contributed by atoms with Crippen LogP contribution >= 0.6 is 0 Å². The number of hydrogen-bond donors (Lipinski definition) is 1. The second-order valence-corrected chi connectivity index (χ2v) is 6.45. The Morgan fingerprint density at radius 2 is 1.75 bits per heavy atom. The number of nitrogens with one attached hydrogen (secondary N) is 1. The van der Waals surface area contributed by atoms with E-state index in [1.165, 1.54) is 0 Å². The minimum Gasteiger partial charge on any atom is -0.494 e. The highest BCUT2D eigenvalue weighted by Gasteiger charge is 2.07. The standard InChI is InChI=1S/C23H21N3O2/c1-2-28-20-13-7-17(8-14-20)15-23(27)25-18-9-11-19(12-10-18)26-16-24-21-5-3-4-6-22(21)26/h3-14,16H,2,15H2,1H3,(H,25,27). The van der Waals surface area contributed by atoms with Gasteiger partial charge in [0.05, 0.1) is 24.1 Å². The van der Waals surface area contributed by atoms with Crippen LogP contribution in [0.1, 0.15) is 12.5 Å². The zero-order valence-electron chi connectivity index (χ0n) is 15.6. The molecule has 0 aliphatic carbocycles. The van der Waals surface area contributed by atoms with Gasteiger partial charge in [0.25, 0.3) is 0 Å². The number of amides is 1. The van der Waals surface area contributed by atoms with E-state index in [-0.39, 0.29) is 5.91 Å². The summed E-state index contributed by atoms with van der Waals surface area (Å²) < 4.78 is 7.45. The summed E-state index contributed by atoms with van der Waals surface area (Å²) in [5, 5.41) is 2.94. The second-order valence-electron chi connectivity index (χ2n) is 6.45. The van der Waals surface area contributed by atoms with Gasteiger partial charge in [-0.1, -0.05) is 24.3 Å². The van der Waals surface area contributed by atoms with Crippen LogP contribution < -0.4 is 10.1 Å². The van der Waals surface area contributed by atoms with Gasteiger partial charge < -0.3 is 10.1 Å². The number of carbonyl (C=O) groups excluding carboxylic acids is 1. The Labute approximate surface area is 163 Å². The van der Waals surface area contributed by atoms with Crippen molar-refractivity contribution in [1.29, 1.82) is 0 Å². The lowest BCUT2D eigenvalue weighted by molar-refractivity contribution is -0.115. The molecule has 1 amide bonds. The van der Waals surface area contributed by atoms with E-state index in [1.807, 2.05) is 90.6 Å². The summed E-state index contributed by atoms with van der Waals surface area (Å²) in [6, 6.07) is 23.3. The molecule has 0 saturated heterocycles. The molecule has 5 nitrogen and oxygen atoms in total. The zero-order chi connectivity index (χ0) is 19.3. The van der Waals surface area contributed by atoms with Crippen molar-refractivity contribution < 1.29 is 9.53 Å². The molecule has 1 N–H and O–H groups in total. The Morgan fingerprint density at radius 3 is 2.50 bits per heavy atom. The van der Waals surface area contributed by atoms with Crippen LogP contribution in [0.2, 0.25) is 0 Å². The Balaban J connectivity index is 1.42. The van der Waals surface area contributed by atoms with E-state index in [0.717, 1.165) is 33.7 Å². The average molecular weight is 371 g/mol. The van der Waals surface area contributed by atoms with Crippen LogP contribution in [-0.4, -0.2) is 22.1 Å². The quantitative estimate of drug-likeness (QED) is 0.539. The van der Waals surface area contributed by atoms with Crippen LogP contribution in [-0.2, 0) is 11.2 Å². The molecular weight excluding hydrogens is 350 g/mol. The number of para-hydroxylation sites is 2. The van der Waals surface area contributed by atoms with Crippen molar-refractivity contribution in [2.45, 2.75) is 13.3 Å². The van der Waals surface area contributed by atoms with Crippen molar-refractivity contribution >= 4 is 22.6 Å². The molecule has 0 fully saturated rings. The lowest BCUT2D eigenvalue weighted by Gasteiger charge is -2.09. The molecule has 0 spiro atoms. The summed E-state index contributed by atoms with van der Waals surface area (Å²) >= 11 is 0. The number of hydrogen-bond acceptors (Lipinski definition) is 3. The molecule has 1 aromatic heterocycles. The average Bonchev–Trinajstić information content (AvgIpc) is 3.14. The van der Waals surface area contributed by atoms with Gasteiger partial charge in [0.1, 0.15) is 12.1 Å². The molecule has 140 valence electrons. The number of ether oxygens (including phenoxy) is 1. The van der Waals surface area contributed by atoms with Gasteiger partial charge in [0, 0.05) is 11.4 Å². The Hall–Kier alpha value is -3.60. The third-order valence-electron chi connectivity index (χ3n) is 4.48. The van der Waals surface area contributed by atoms with E-state index in [1.54, 1.807) is 0 Å². The summed E-state index contributed by atoms with van der Waals surface area (Å²) in [5.74, 6) is 0.763. The van der Waals surface area contributed by atoms with E-state index in [0.29, 0.717) is 13.0 Å². The smallest absolute Gasteiger partial charge is 0.228 e. The van der Waals surface area contributed by atoms with E-state index < -0.39 is 0 Å². The van der Waals surface area contributed by atoms with Crippen LogP contribution in [0.3, 0.4) is 0 Å². The molecule has 0 aliphatic rings. The van der Waals surface area contributed by atoms with Crippen LogP contribution in [0.4, 0.5) is 5.69 Å². The molecule has 0 radical (unpaired) electrons. The van der Waals surface area contributed by atoms with Crippen molar-refractivity contribution in [1.82, 2.24) is 9.55 Å². The van der Waals surface area contributed by atoms with Gasteiger partial charge >= 0.3 is 0 Å². The predicted molar refractivity (Wildman–Crippen MR) is 111 cm³/mol. The fraction of sp³-hybridized carbons (Fsp3) is 0.130. The summed E-state index contributed by atoms with van der Waals surface area (Å²) in [4.78, 5) is 16.7. The van der Waals surface area contributed by atoms with Gasteiger partial charge in [-0.25, -0.2) is 4.98 Å². The molecule has 0 unspecified atom stereocenters. The van der Waals surface area contributed by atoms with Gasteiger partial charge in [-0.05, 0) is 61.0 Å². The van der Waals surface area contributed by atoms with Gasteiger partial charge in [-0.2, -0.15) is 0 Å². The fourth-order valence-corrected chi connectivity index (χ4v) is 3.13. The summed E-state index contributed by atoms with van der Waals surface area (Å²) in [5.41, 5.74) is 4.72. The van der Waals surface area contributed by atoms with Crippen molar-refractivity contribution in [2.75, 3.05) is 11.9 Å². The fourth-order valence-electron chi connectivity index (χ4n) is 3.13. The molecule has 1 heterocycles. The predicted octanol–water partition coefficient (Wildman–Crippen LogP) is 4.61. The monoisotopic (exact) mass is 371 g/mol. The van der Waals surface area contributed by atoms with Crippen LogP contribution in [0.15, 0.2) is 79.1 Å². The third kappa shape index (κ3) is 3.88. The van der Waals surface area contributed by atoms with E-state index in [9.17, 15) is 4.79 Å². The number of rotatable bonds is 6. The Morgan fingerprint density at radius 1 is 1.00 bits per heavy atom. The van der Waals surface area contributed by atoms with Crippen molar-refractivity contribution in [3.63, 3.8) is 0 Å². The molecule has 28 heavy (non-hydrogen) atoms. The number of carbonyl (C=O) groups is 1. The van der Waals surface area contributed by atoms with E-state index in [2.05, 4.69) is 10.3 Å². The number of aromatic nitrogens is 2. The lowest BCUT2D eigenvalue weighted by Crippen LogP contribution is -2.14. The van der Waals surface area contributed by atoms with Gasteiger partial charge in [-0.15, -0.1) is 0 Å². The van der Waals surface area contributed by atoms with Gasteiger partial charge in [0.2, 0.25) is 5.91 Å². The first-order valence-corrected chi connectivity index (χ1v) is 9.27. The van der Waals surface area contributed by atoms with E-state index in [4.69, 9.17) is 4.74 Å². The molecule has 0 saturated carbocycles. The van der Waals surface area contributed by atoms with Crippen LogP contribution in [0, 0.1) is 0 Å². The maximum absolute atomic E-state index is 12.3. The number of fused-ring (bicyclic) bond motifs is 1. The van der Waals surface area contributed by atoms with Gasteiger partial charge in [-0.3, -0.25) is 9.36 Å². The summed E-state index contributed by atoms with van der Waals surface area (Å²) in [6.07, 6.45) is 2.13. The molecule has 0 bridgehead atoms. The van der Waals surface area contributed by atoms with Crippen molar-refractivity contribution in [2.24, 2.45) is 0 Å². The van der Waals surface area contributed by atoms with Crippen LogP contribution in [0.5, 0.6) is 5.75 Å². The molecule has 4 rings (SSSR count). The second kappa shape index (κ2) is 7.96. The minimum absolute atomic E-state index is 0.0509. The SMILES string of the molecule is CCOc1ccc(CC(=O)Nc2ccc(-n3cnc4ccccc43)cc2)cc1. The number of benzene rings is 3. The van der Waals surface area contributed by atoms with E-state index >= 15 is 0 Å². The molecular formula is C23H21N3O2. The number of imidazole rings is 1. The normalized spacial score (nSPS) is 10.8. The van der Waals surface area contributed by atoms with Crippen molar-refractivity contribution in [3.05, 3.63) is 84.7 Å². The number of anilines is 1. The molecule has 0 aliphatic heterocycles. The zero-order valence-corrected chi connectivity index (χ0v) is 15.6. The first kappa shape index (κ1) is 17.8. The molecule has 4 aromatic rings. The topological polar surface area (TPSA) is 56.1 Å².